The average molecular weight is 469 g/mol. The lowest BCUT2D eigenvalue weighted by Gasteiger charge is -2.28. The molecule has 176 valence electrons. The number of rotatable bonds is 6. The number of benzene rings is 2. The van der Waals surface area contributed by atoms with Gasteiger partial charge in [-0.05, 0) is 23.8 Å². The molecular formula is C26H24N6O3. The maximum Gasteiger partial charge on any atom is 0.275 e. The zero-order valence-electron chi connectivity index (χ0n) is 19.0. The van der Waals surface area contributed by atoms with Crippen LogP contribution in [0, 0.1) is 0 Å². The Kier molecular flexibility index (Phi) is 6.69. The molecule has 2 N–H and O–H groups in total. The van der Waals surface area contributed by atoms with E-state index < -0.39 is 0 Å². The van der Waals surface area contributed by atoms with Gasteiger partial charge < -0.3 is 20.1 Å². The van der Waals surface area contributed by atoms with Crippen LogP contribution in [0.3, 0.4) is 0 Å². The van der Waals surface area contributed by atoms with Gasteiger partial charge in [0.1, 0.15) is 11.5 Å². The third-order valence-electron chi connectivity index (χ3n) is 5.65. The van der Waals surface area contributed by atoms with Gasteiger partial charge in [0.05, 0.1) is 31.7 Å². The lowest BCUT2D eigenvalue weighted by Crippen LogP contribution is -2.36. The van der Waals surface area contributed by atoms with Gasteiger partial charge in [-0.2, -0.15) is 0 Å². The summed E-state index contributed by atoms with van der Waals surface area (Å²) in [6.07, 6.45) is 4.42. The fourth-order valence-electron chi connectivity index (χ4n) is 3.81. The van der Waals surface area contributed by atoms with E-state index in [0.29, 0.717) is 24.7 Å². The minimum absolute atomic E-state index is 0.0500. The number of carbonyl (C=O) groups excluding carboxylic acids is 1. The second kappa shape index (κ2) is 10.4. The van der Waals surface area contributed by atoms with Crippen molar-refractivity contribution in [3.8, 4) is 22.6 Å². The topological polar surface area (TPSA) is 113 Å². The van der Waals surface area contributed by atoms with Gasteiger partial charge in [0.15, 0.2) is 5.82 Å². The molecule has 1 saturated heterocycles. The summed E-state index contributed by atoms with van der Waals surface area (Å²) < 4.78 is 5.50. The van der Waals surface area contributed by atoms with Gasteiger partial charge in [-0.1, -0.05) is 30.3 Å². The third kappa shape index (κ3) is 5.32. The van der Waals surface area contributed by atoms with Crippen molar-refractivity contribution in [2.75, 3.05) is 36.5 Å². The first kappa shape index (κ1) is 22.6. The Bertz CT molecular complexity index is 1310. The van der Waals surface area contributed by atoms with Crippen LogP contribution in [0.1, 0.15) is 16.1 Å². The molecule has 0 unspecified atom stereocenters. The minimum Gasteiger partial charge on any atom is -0.392 e. The molecule has 0 spiro atoms. The van der Waals surface area contributed by atoms with Crippen molar-refractivity contribution in [3.05, 3.63) is 84.4 Å². The van der Waals surface area contributed by atoms with E-state index in [1.54, 1.807) is 0 Å². The molecule has 0 aliphatic carbocycles. The highest BCUT2D eigenvalue weighted by molar-refractivity contribution is 6.02. The molecule has 1 amide bonds. The van der Waals surface area contributed by atoms with Crippen molar-refractivity contribution in [1.82, 2.24) is 19.9 Å². The number of nitrogens with one attached hydrogen (secondary N) is 1. The van der Waals surface area contributed by atoms with E-state index >= 15 is 0 Å². The monoisotopic (exact) mass is 468 g/mol. The molecule has 35 heavy (non-hydrogen) atoms. The van der Waals surface area contributed by atoms with Crippen LogP contribution in [-0.2, 0) is 11.3 Å². The van der Waals surface area contributed by atoms with Crippen LogP contribution in [0.25, 0.3) is 22.6 Å². The van der Waals surface area contributed by atoms with E-state index in [1.165, 1.54) is 18.6 Å². The second-order valence-corrected chi connectivity index (χ2v) is 8.02. The summed E-state index contributed by atoms with van der Waals surface area (Å²) in [6.45, 7) is 2.75. The van der Waals surface area contributed by atoms with Crippen molar-refractivity contribution in [3.63, 3.8) is 0 Å². The van der Waals surface area contributed by atoms with Gasteiger partial charge in [0.25, 0.3) is 5.91 Å². The van der Waals surface area contributed by atoms with E-state index in [-0.39, 0.29) is 18.2 Å². The molecule has 0 atom stereocenters. The SMILES string of the molecule is O=C(Nc1ccc(-c2cc(N3CCOCC3)nc(-c3cccc(CO)c3)n2)cc1)c1cnccn1. The van der Waals surface area contributed by atoms with E-state index in [9.17, 15) is 9.90 Å². The Hall–Kier alpha value is -4.21. The molecule has 9 nitrogen and oxygen atoms in total. The van der Waals surface area contributed by atoms with Crippen LogP contribution in [0.2, 0.25) is 0 Å². The Morgan fingerprint density at radius 2 is 1.83 bits per heavy atom. The maximum absolute atomic E-state index is 12.4. The number of ether oxygens (including phenoxy) is 1. The molecule has 5 rings (SSSR count). The molecule has 4 aromatic rings. The zero-order chi connectivity index (χ0) is 24.0. The van der Waals surface area contributed by atoms with Crippen LogP contribution in [-0.4, -0.2) is 57.3 Å². The van der Waals surface area contributed by atoms with Crippen molar-refractivity contribution in [2.24, 2.45) is 0 Å². The third-order valence-corrected chi connectivity index (χ3v) is 5.65. The molecule has 3 heterocycles. The number of nitrogens with zero attached hydrogens (tertiary/aromatic N) is 5. The molecule has 1 aliphatic rings. The first-order chi connectivity index (χ1) is 17.2. The van der Waals surface area contributed by atoms with Crippen molar-refractivity contribution >= 4 is 17.4 Å². The van der Waals surface area contributed by atoms with Gasteiger partial charge >= 0.3 is 0 Å². The predicted octanol–water partition coefficient (Wildman–Crippen LogP) is 3.18. The lowest BCUT2D eigenvalue weighted by molar-refractivity contribution is 0.102. The fourth-order valence-corrected chi connectivity index (χ4v) is 3.81. The Morgan fingerprint density at radius 3 is 2.57 bits per heavy atom. The molecule has 2 aromatic heterocycles. The number of anilines is 2. The van der Waals surface area contributed by atoms with E-state index in [2.05, 4.69) is 20.2 Å². The molecule has 9 heteroatoms. The highest BCUT2D eigenvalue weighted by Gasteiger charge is 2.17. The van der Waals surface area contributed by atoms with Crippen LogP contribution in [0.4, 0.5) is 11.5 Å². The van der Waals surface area contributed by atoms with Gasteiger partial charge in [-0.3, -0.25) is 9.78 Å². The van der Waals surface area contributed by atoms with E-state index in [0.717, 1.165) is 41.3 Å². The highest BCUT2D eigenvalue weighted by Crippen LogP contribution is 2.28. The number of hydrogen-bond acceptors (Lipinski definition) is 8. The number of carbonyl (C=O) groups is 1. The summed E-state index contributed by atoms with van der Waals surface area (Å²) in [6, 6.07) is 17.0. The Labute approximate surface area is 202 Å². The number of amides is 1. The van der Waals surface area contributed by atoms with Gasteiger partial charge in [-0.25, -0.2) is 15.0 Å². The quantitative estimate of drug-likeness (QED) is 0.444. The normalized spacial score (nSPS) is 13.5. The lowest BCUT2D eigenvalue weighted by atomic mass is 10.1. The molecule has 1 aliphatic heterocycles. The molecule has 2 aromatic carbocycles. The maximum atomic E-state index is 12.4. The van der Waals surface area contributed by atoms with Gasteiger partial charge in [0, 0.05) is 48.4 Å². The van der Waals surface area contributed by atoms with Crippen LogP contribution < -0.4 is 10.2 Å². The fraction of sp³-hybridized carbons (Fsp3) is 0.192. The average Bonchev–Trinajstić information content (AvgIpc) is 2.94. The smallest absolute Gasteiger partial charge is 0.275 e. The predicted molar refractivity (Wildman–Crippen MR) is 132 cm³/mol. The summed E-state index contributed by atoms with van der Waals surface area (Å²) in [7, 11) is 0. The van der Waals surface area contributed by atoms with Gasteiger partial charge in [0.2, 0.25) is 0 Å². The van der Waals surface area contributed by atoms with Crippen LogP contribution in [0.5, 0.6) is 0 Å². The zero-order valence-corrected chi connectivity index (χ0v) is 19.0. The summed E-state index contributed by atoms with van der Waals surface area (Å²) in [5, 5.41) is 12.4. The Balaban J connectivity index is 1.46. The van der Waals surface area contributed by atoms with Crippen molar-refractivity contribution < 1.29 is 14.6 Å². The molecule has 1 fully saturated rings. The molecule has 0 saturated carbocycles. The molecule has 0 radical (unpaired) electrons. The number of aliphatic hydroxyl groups excluding tert-OH is 1. The van der Waals surface area contributed by atoms with Crippen molar-refractivity contribution in [2.45, 2.75) is 6.61 Å². The highest BCUT2D eigenvalue weighted by atomic mass is 16.5. The second-order valence-electron chi connectivity index (χ2n) is 8.02. The summed E-state index contributed by atoms with van der Waals surface area (Å²) >= 11 is 0. The standard InChI is InChI=1S/C26H24N6O3/c33-17-18-2-1-3-20(14-18)25-30-22(15-24(31-25)32-10-12-35-13-11-32)19-4-6-21(7-5-19)29-26(34)23-16-27-8-9-28-23/h1-9,14-16,33H,10-13,17H2,(H,29,34). The largest absolute Gasteiger partial charge is 0.392 e. The summed E-state index contributed by atoms with van der Waals surface area (Å²) in [4.78, 5) is 32.2. The van der Waals surface area contributed by atoms with E-state index in [1.807, 2.05) is 54.6 Å². The number of aliphatic hydroxyl groups is 1. The molecule has 0 bridgehead atoms. The first-order valence-electron chi connectivity index (χ1n) is 11.3. The summed E-state index contributed by atoms with van der Waals surface area (Å²) in [5.74, 6) is 1.08. The van der Waals surface area contributed by atoms with Crippen LogP contribution in [0.15, 0.2) is 73.2 Å². The minimum atomic E-state index is -0.325. The first-order valence-corrected chi connectivity index (χ1v) is 11.3. The van der Waals surface area contributed by atoms with Gasteiger partial charge in [-0.15, -0.1) is 0 Å². The number of morpholine rings is 1. The van der Waals surface area contributed by atoms with E-state index in [4.69, 9.17) is 14.7 Å². The number of aromatic nitrogens is 4. The molecular weight excluding hydrogens is 444 g/mol. The van der Waals surface area contributed by atoms with Crippen molar-refractivity contribution in [1.29, 1.82) is 0 Å². The van der Waals surface area contributed by atoms with Crippen LogP contribution >= 0.6 is 0 Å². The Morgan fingerprint density at radius 1 is 1.00 bits per heavy atom. The summed E-state index contributed by atoms with van der Waals surface area (Å²) in [5.41, 5.74) is 4.17. The number of hydrogen-bond donors (Lipinski definition) is 2.